The molecule has 0 saturated heterocycles. The van der Waals surface area contributed by atoms with Crippen LogP contribution in [0.2, 0.25) is 10.0 Å². The lowest BCUT2D eigenvalue weighted by atomic mass is 9.84. The number of hydrogen-bond donors (Lipinski definition) is 1. The first-order valence-corrected chi connectivity index (χ1v) is 11.5. The summed E-state index contributed by atoms with van der Waals surface area (Å²) < 4.78 is 18.0. The molecule has 1 atom stereocenters. The molecule has 1 aromatic heterocycles. The van der Waals surface area contributed by atoms with Crippen molar-refractivity contribution in [2.24, 2.45) is 5.73 Å². The Bertz CT molecular complexity index is 1440. The normalized spacial score (nSPS) is 14.7. The second kappa shape index (κ2) is 9.95. The van der Waals surface area contributed by atoms with Crippen LogP contribution < -0.4 is 25.5 Å². The summed E-state index contributed by atoms with van der Waals surface area (Å²) in [7, 11) is 3.15. The number of allylic oxidation sites excluding steroid dienone is 1. The number of aryl methyl sites for hydroxylation is 2. The monoisotopic (exact) mass is 511 g/mol. The molecular formula is C26H23Cl2N3O4. The first-order chi connectivity index (χ1) is 16.8. The molecule has 9 heteroatoms. The predicted octanol–water partition coefficient (Wildman–Crippen LogP) is 4.94. The highest BCUT2D eigenvalue weighted by molar-refractivity contribution is 6.42. The Balaban J connectivity index is 1.80. The average molecular weight is 512 g/mol. The van der Waals surface area contributed by atoms with Crippen LogP contribution in [0.3, 0.4) is 0 Å². The first-order valence-electron chi connectivity index (χ1n) is 10.8. The van der Waals surface area contributed by atoms with Crippen molar-refractivity contribution < 1.29 is 14.2 Å². The molecule has 0 bridgehead atoms. The van der Waals surface area contributed by atoms with Crippen molar-refractivity contribution in [3.8, 4) is 23.3 Å². The fourth-order valence-corrected chi connectivity index (χ4v) is 4.71. The van der Waals surface area contributed by atoms with E-state index in [-0.39, 0.29) is 27.6 Å². The number of halogens is 2. The minimum Gasteiger partial charge on any atom is -0.493 e. The van der Waals surface area contributed by atoms with Gasteiger partial charge in [0, 0.05) is 18.3 Å². The molecule has 0 aliphatic carbocycles. The Morgan fingerprint density at radius 2 is 1.89 bits per heavy atom. The largest absolute Gasteiger partial charge is 0.493 e. The summed E-state index contributed by atoms with van der Waals surface area (Å²) in [6, 6.07) is 14.6. The summed E-state index contributed by atoms with van der Waals surface area (Å²) >= 11 is 12.8. The van der Waals surface area contributed by atoms with Crippen molar-refractivity contribution in [2.45, 2.75) is 25.8 Å². The van der Waals surface area contributed by atoms with E-state index < -0.39 is 5.92 Å². The van der Waals surface area contributed by atoms with Gasteiger partial charge in [0.15, 0.2) is 11.5 Å². The molecule has 7 nitrogen and oxygen atoms in total. The number of nitriles is 1. The molecule has 1 aliphatic rings. The highest BCUT2D eigenvalue weighted by atomic mass is 35.5. The van der Waals surface area contributed by atoms with Crippen molar-refractivity contribution >= 4 is 23.2 Å². The number of hydrogen-bond acceptors (Lipinski definition) is 6. The molecule has 0 amide bonds. The van der Waals surface area contributed by atoms with E-state index in [2.05, 4.69) is 6.07 Å². The predicted molar refractivity (Wildman–Crippen MR) is 134 cm³/mol. The molecule has 2 heterocycles. The molecule has 0 saturated carbocycles. The van der Waals surface area contributed by atoms with E-state index in [0.717, 1.165) is 5.56 Å². The van der Waals surface area contributed by atoms with Gasteiger partial charge in [-0.15, -0.1) is 0 Å². The zero-order valence-corrected chi connectivity index (χ0v) is 20.9. The molecule has 1 unspecified atom stereocenters. The molecule has 0 spiro atoms. The maximum absolute atomic E-state index is 13.8. The molecule has 4 rings (SSSR count). The van der Waals surface area contributed by atoms with Crippen molar-refractivity contribution in [1.29, 1.82) is 5.26 Å². The van der Waals surface area contributed by atoms with Crippen LogP contribution in [-0.2, 0) is 13.0 Å². The third-order valence-corrected chi connectivity index (χ3v) is 6.89. The van der Waals surface area contributed by atoms with Crippen LogP contribution in [0.1, 0.15) is 28.3 Å². The number of benzene rings is 2. The Labute approximate surface area is 212 Å². The lowest BCUT2D eigenvalue weighted by Gasteiger charge is -2.28. The Morgan fingerprint density at radius 3 is 2.57 bits per heavy atom. The Morgan fingerprint density at radius 1 is 1.14 bits per heavy atom. The van der Waals surface area contributed by atoms with Crippen LogP contribution in [-0.4, -0.2) is 18.8 Å². The van der Waals surface area contributed by atoms with Gasteiger partial charge >= 0.3 is 0 Å². The van der Waals surface area contributed by atoms with Crippen LogP contribution in [0, 0.1) is 18.3 Å². The van der Waals surface area contributed by atoms with Gasteiger partial charge in [-0.1, -0.05) is 41.4 Å². The number of methoxy groups -OCH3 is 2. The Hall–Kier alpha value is -3.60. The van der Waals surface area contributed by atoms with Gasteiger partial charge in [-0.2, -0.15) is 5.26 Å². The lowest BCUT2D eigenvalue weighted by molar-refractivity contribution is 0.354. The topological polar surface area (TPSA) is 99.5 Å². The van der Waals surface area contributed by atoms with Crippen molar-refractivity contribution in [2.75, 3.05) is 14.2 Å². The van der Waals surface area contributed by atoms with Crippen molar-refractivity contribution in [3.63, 3.8) is 0 Å². The average Bonchev–Trinajstić information content (AvgIpc) is 2.84. The lowest BCUT2D eigenvalue weighted by Crippen LogP contribution is -2.33. The third kappa shape index (κ3) is 4.43. The fraction of sp³-hybridized carbons (Fsp3) is 0.231. The van der Waals surface area contributed by atoms with Gasteiger partial charge in [0.2, 0.25) is 5.88 Å². The van der Waals surface area contributed by atoms with E-state index >= 15 is 0 Å². The standard InChI is InChI=1S/C26H23Cl2N3O4/c1-14-11-21-23(22(17(13-29)25(30)35-21)16-5-4-6-18(27)24(16)28)26(32)31(14)10-9-15-7-8-19(33-2)20(12-15)34-3/h4-8,11-12,22H,9-10,30H2,1-3H3. The molecule has 3 aromatic rings. The molecule has 0 fully saturated rings. The smallest absolute Gasteiger partial charge is 0.258 e. The summed E-state index contributed by atoms with van der Waals surface area (Å²) in [5.41, 5.74) is 8.35. The quantitative estimate of drug-likeness (QED) is 0.502. The maximum atomic E-state index is 13.8. The molecule has 35 heavy (non-hydrogen) atoms. The summed E-state index contributed by atoms with van der Waals surface area (Å²) in [5.74, 6) is 0.665. The minimum atomic E-state index is -0.810. The third-order valence-electron chi connectivity index (χ3n) is 6.05. The molecule has 180 valence electrons. The second-order valence-electron chi connectivity index (χ2n) is 8.03. The highest BCUT2D eigenvalue weighted by Crippen LogP contribution is 2.44. The SMILES string of the molecule is COc1ccc(CCn2c(C)cc3c(c2=O)C(c2cccc(Cl)c2Cl)C(C#N)=C(N)O3)cc1OC. The number of rotatable bonds is 6. The zero-order chi connectivity index (χ0) is 25.3. The fourth-order valence-electron chi connectivity index (χ4n) is 4.30. The Kier molecular flexibility index (Phi) is 6.97. The van der Waals surface area contributed by atoms with Crippen LogP contribution in [0.5, 0.6) is 17.2 Å². The number of fused-ring (bicyclic) bond motifs is 1. The van der Waals surface area contributed by atoms with Gasteiger partial charge in [0.25, 0.3) is 5.56 Å². The molecule has 2 aromatic carbocycles. The van der Waals surface area contributed by atoms with E-state index in [1.54, 1.807) is 43.1 Å². The molecule has 1 aliphatic heterocycles. The highest BCUT2D eigenvalue weighted by Gasteiger charge is 2.35. The van der Waals surface area contributed by atoms with Crippen molar-refractivity contribution in [3.05, 3.63) is 96.7 Å². The van der Waals surface area contributed by atoms with Crippen LogP contribution in [0.4, 0.5) is 0 Å². The zero-order valence-electron chi connectivity index (χ0n) is 19.4. The van der Waals surface area contributed by atoms with Crippen LogP contribution in [0.25, 0.3) is 0 Å². The number of nitrogens with two attached hydrogens (primary N) is 1. The summed E-state index contributed by atoms with van der Waals surface area (Å²) in [6.07, 6.45) is 0.562. The van der Waals surface area contributed by atoms with Crippen molar-refractivity contribution in [1.82, 2.24) is 4.57 Å². The summed E-state index contributed by atoms with van der Waals surface area (Å²) in [4.78, 5) is 13.8. The maximum Gasteiger partial charge on any atom is 0.258 e. The van der Waals surface area contributed by atoms with Gasteiger partial charge in [0.1, 0.15) is 17.4 Å². The van der Waals surface area contributed by atoms with Crippen LogP contribution >= 0.6 is 23.2 Å². The number of aromatic nitrogens is 1. The number of pyridine rings is 1. The van der Waals surface area contributed by atoms with Crippen LogP contribution in [0.15, 0.2) is 58.7 Å². The van der Waals surface area contributed by atoms with E-state index in [1.165, 1.54) is 0 Å². The van der Waals surface area contributed by atoms with E-state index in [4.69, 9.17) is 43.1 Å². The molecule has 0 radical (unpaired) electrons. The number of nitrogens with zero attached hydrogens (tertiary/aromatic N) is 2. The second-order valence-corrected chi connectivity index (χ2v) is 8.81. The summed E-state index contributed by atoms with van der Waals surface area (Å²) in [5, 5.41) is 10.4. The minimum absolute atomic E-state index is 0.0667. The van der Waals surface area contributed by atoms with E-state index in [9.17, 15) is 10.1 Å². The molecular weight excluding hydrogens is 489 g/mol. The van der Waals surface area contributed by atoms with Gasteiger partial charge in [-0.05, 0) is 42.7 Å². The first kappa shape index (κ1) is 24.5. The van der Waals surface area contributed by atoms with Gasteiger partial charge in [-0.25, -0.2) is 0 Å². The van der Waals surface area contributed by atoms with Gasteiger partial charge in [0.05, 0.1) is 35.7 Å². The number of ether oxygens (including phenoxy) is 3. The van der Waals surface area contributed by atoms with E-state index in [1.807, 2.05) is 25.1 Å². The summed E-state index contributed by atoms with van der Waals surface area (Å²) in [6.45, 7) is 2.21. The van der Waals surface area contributed by atoms with E-state index in [0.29, 0.717) is 46.5 Å². The molecule has 2 N–H and O–H groups in total. The van der Waals surface area contributed by atoms with Gasteiger partial charge in [-0.3, -0.25) is 4.79 Å². The van der Waals surface area contributed by atoms with Gasteiger partial charge < -0.3 is 24.5 Å².